The third-order valence-corrected chi connectivity index (χ3v) is 5.89. The van der Waals surface area contributed by atoms with Gasteiger partial charge >= 0.3 is 0 Å². The fourth-order valence-electron chi connectivity index (χ4n) is 2.88. The highest BCUT2D eigenvalue weighted by Crippen LogP contribution is 2.28. The minimum atomic E-state index is -3.55. The smallest absolute Gasteiger partial charge is 0.293 e. The van der Waals surface area contributed by atoms with Gasteiger partial charge in [-0.25, -0.2) is 8.42 Å². The molecule has 0 radical (unpaired) electrons. The second kappa shape index (κ2) is 10.8. The van der Waals surface area contributed by atoms with Crippen molar-refractivity contribution in [2.75, 3.05) is 31.3 Å². The Morgan fingerprint density at radius 1 is 1.19 bits per heavy atom. The molecular formula is C21H27N3O6S. The highest BCUT2D eigenvalue weighted by molar-refractivity contribution is 7.90. The molecule has 31 heavy (non-hydrogen) atoms. The quantitative estimate of drug-likeness (QED) is 0.306. The van der Waals surface area contributed by atoms with E-state index in [1.165, 1.54) is 12.1 Å². The molecule has 0 saturated heterocycles. The molecule has 1 atom stereocenters. The van der Waals surface area contributed by atoms with Gasteiger partial charge in [0.1, 0.15) is 11.4 Å². The number of para-hydroxylation sites is 1. The van der Waals surface area contributed by atoms with Crippen molar-refractivity contribution in [1.82, 2.24) is 5.32 Å². The average Bonchev–Trinajstić information content (AvgIpc) is 2.74. The van der Waals surface area contributed by atoms with Gasteiger partial charge in [-0.3, -0.25) is 14.9 Å². The molecule has 0 fully saturated rings. The van der Waals surface area contributed by atoms with E-state index in [1.54, 1.807) is 0 Å². The van der Waals surface area contributed by atoms with Crippen LogP contribution in [0, 0.1) is 10.1 Å². The number of benzene rings is 2. The summed E-state index contributed by atoms with van der Waals surface area (Å²) in [5.41, 5.74) is 0.869. The number of nitrogens with one attached hydrogen (secondary N) is 2. The normalized spacial score (nSPS) is 12.1. The van der Waals surface area contributed by atoms with Crippen LogP contribution in [-0.2, 0) is 14.6 Å². The number of ether oxygens (including phenoxy) is 1. The van der Waals surface area contributed by atoms with Crippen molar-refractivity contribution >= 4 is 27.1 Å². The Balaban J connectivity index is 1.87. The molecule has 0 heterocycles. The lowest BCUT2D eigenvalue weighted by molar-refractivity contribution is -0.384. The number of sulfone groups is 1. The molecule has 1 amide bonds. The zero-order valence-electron chi connectivity index (χ0n) is 17.8. The van der Waals surface area contributed by atoms with Crippen molar-refractivity contribution < 1.29 is 22.9 Å². The number of nitro benzene ring substituents is 1. The summed E-state index contributed by atoms with van der Waals surface area (Å²) in [4.78, 5) is 22.5. The molecule has 2 rings (SSSR count). The molecule has 0 aliphatic carbocycles. The highest BCUT2D eigenvalue weighted by atomic mass is 32.2. The molecular weight excluding hydrogens is 422 g/mol. The molecule has 0 bridgehead atoms. The van der Waals surface area contributed by atoms with Gasteiger partial charge in [0.15, 0.2) is 16.4 Å². The van der Waals surface area contributed by atoms with Gasteiger partial charge < -0.3 is 15.4 Å². The van der Waals surface area contributed by atoms with E-state index in [0.717, 1.165) is 24.3 Å². The first kappa shape index (κ1) is 24.1. The third kappa shape index (κ3) is 6.95. The maximum Gasteiger partial charge on any atom is 0.293 e. The predicted octanol–water partition coefficient (Wildman–Crippen LogP) is 3.12. The summed E-state index contributed by atoms with van der Waals surface area (Å²) in [5.74, 6) is 0.669. The first-order valence-electron chi connectivity index (χ1n) is 9.84. The molecule has 0 aliphatic rings. The molecule has 0 spiro atoms. The largest absolute Gasteiger partial charge is 0.483 e. The zero-order chi connectivity index (χ0) is 23.0. The van der Waals surface area contributed by atoms with Gasteiger partial charge in [0.05, 0.1) is 9.82 Å². The first-order chi connectivity index (χ1) is 14.6. The summed E-state index contributed by atoms with van der Waals surface area (Å²) >= 11 is 0. The van der Waals surface area contributed by atoms with E-state index in [0.29, 0.717) is 11.7 Å². The number of amides is 1. The molecule has 0 aromatic heterocycles. The van der Waals surface area contributed by atoms with Gasteiger partial charge in [-0.05, 0) is 36.1 Å². The van der Waals surface area contributed by atoms with E-state index in [4.69, 9.17) is 4.74 Å². The number of hydrogen-bond donors (Lipinski definition) is 2. The van der Waals surface area contributed by atoms with Crippen LogP contribution in [0.25, 0.3) is 0 Å². The number of carbonyl (C=O) groups is 1. The maximum atomic E-state index is 12.1. The van der Waals surface area contributed by atoms with E-state index < -0.39 is 14.8 Å². The van der Waals surface area contributed by atoms with Crippen LogP contribution in [0.15, 0.2) is 47.4 Å². The SMILES string of the molecule is CCC(C)c1ccccc1OCC(=O)NCCNc1ccc(S(C)(=O)=O)cc1[N+](=O)[O-]. The van der Waals surface area contributed by atoms with Crippen molar-refractivity contribution in [3.05, 3.63) is 58.1 Å². The van der Waals surface area contributed by atoms with E-state index in [2.05, 4.69) is 24.5 Å². The summed E-state index contributed by atoms with van der Waals surface area (Å²) < 4.78 is 28.8. The Morgan fingerprint density at radius 2 is 1.90 bits per heavy atom. The monoisotopic (exact) mass is 449 g/mol. The Bertz CT molecular complexity index is 1040. The lowest BCUT2D eigenvalue weighted by atomic mass is 9.98. The van der Waals surface area contributed by atoms with Crippen molar-refractivity contribution in [2.24, 2.45) is 0 Å². The maximum absolute atomic E-state index is 12.1. The molecule has 10 heteroatoms. The molecule has 1 unspecified atom stereocenters. The van der Waals surface area contributed by atoms with E-state index in [9.17, 15) is 23.3 Å². The minimum absolute atomic E-state index is 0.132. The number of hydrogen-bond acceptors (Lipinski definition) is 7. The summed E-state index contributed by atoms with van der Waals surface area (Å²) in [6.45, 7) is 4.46. The molecule has 9 nitrogen and oxygen atoms in total. The summed E-state index contributed by atoms with van der Waals surface area (Å²) in [6.07, 6.45) is 1.94. The Morgan fingerprint density at radius 3 is 2.55 bits per heavy atom. The molecule has 2 N–H and O–H groups in total. The Hall–Kier alpha value is -3.14. The van der Waals surface area contributed by atoms with Gasteiger partial charge in [0.25, 0.3) is 11.6 Å². The number of rotatable bonds is 11. The van der Waals surface area contributed by atoms with Crippen LogP contribution in [0.2, 0.25) is 0 Å². The summed E-state index contributed by atoms with van der Waals surface area (Å²) in [5, 5.41) is 16.8. The topological polar surface area (TPSA) is 128 Å². The molecule has 0 saturated carbocycles. The van der Waals surface area contributed by atoms with Crippen molar-refractivity contribution in [1.29, 1.82) is 0 Å². The van der Waals surface area contributed by atoms with Crippen LogP contribution in [0.3, 0.4) is 0 Å². The van der Waals surface area contributed by atoms with E-state index >= 15 is 0 Å². The van der Waals surface area contributed by atoms with Gasteiger partial charge in [-0.15, -0.1) is 0 Å². The van der Waals surface area contributed by atoms with Gasteiger partial charge in [0.2, 0.25) is 0 Å². The lowest BCUT2D eigenvalue weighted by Gasteiger charge is -2.15. The number of nitro groups is 1. The van der Waals surface area contributed by atoms with Crippen molar-refractivity contribution in [2.45, 2.75) is 31.1 Å². The fourth-order valence-corrected chi connectivity index (χ4v) is 3.52. The summed E-state index contributed by atoms with van der Waals surface area (Å²) in [7, 11) is -3.55. The molecule has 2 aromatic carbocycles. The van der Waals surface area contributed by atoms with Crippen LogP contribution in [0.4, 0.5) is 11.4 Å². The van der Waals surface area contributed by atoms with Crippen LogP contribution in [-0.4, -0.2) is 45.2 Å². The second-order valence-corrected chi connectivity index (χ2v) is 9.14. The number of carbonyl (C=O) groups excluding carboxylic acids is 1. The Labute approximate surface area is 181 Å². The van der Waals surface area contributed by atoms with E-state index in [1.807, 2.05) is 24.3 Å². The third-order valence-electron chi connectivity index (χ3n) is 4.78. The number of nitrogens with zero attached hydrogens (tertiary/aromatic N) is 1. The fraction of sp³-hybridized carbons (Fsp3) is 0.381. The summed E-state index contributed by atoms with van der Waals surface area (Å²) in [6, 6.07) is 11.2. The van der Waals surface area contributed by atoms with Crippen LogP contribution in [0.5, 0.6) is 5.75 Å². The molecule has 2 aromatic rings. The lowest BCUT2D eigenvalue weighted by Crippen LogP contribution is -2.32. The van der Waals surface area contributed by atoms with Gasteiger partial charge in [0, 0.05) is 25.4 Å². The van der Waals surface area contributed by atoms with Gasteiger partial charge in [-0.2, -0.15) is 0 Å². The van der Waals surface area contributed by atoms with E-state index in [-0.39, 0.29) is 41.9 Å². The van der Waals surface area contributed by atoms with Gasteiger partial charge in [-0.1, -0.05) is 32.0 Å². The second-order valence-electron chi connectivity index (χ2n) is 7.12. The molecule has 0 aliphatic heterocycles. The van der Waals surface area contributed by atoms with Crippen molar-refractivity contribution in [3.8, 4) is 5.75 Å². The first-order valence-corrected chi connectivity index (χ1v) is 11.7. The Kier molecular flexibility index (Phi) is 8.38. The molecule has 168 valence electrons. The zero-order valence-corrected chi connectivity index (χ0v) is 18.6. The minimum Gasteiger partial charge on any atom is -0.483 e. The predicted molar refractivity (Wildman–Crippen MR) is 118 cm³/mol. The number of anilines is 1. The van der Waals surface area contributed by atoms with Crippen molar-refractivity contribution in [3.63, 3.8) is 0 Å². The van der Waals surface area contributed by atoms with Crippen LogP contribution >= 0.6 is 0 Å². The van der Waals surface area contributed by atoms with Crippen LogP contribution in [0.1, 0.15) is 31.7 Å². The highest BCUT2D eigenvalue weighted by Gasteiger charge is 2.18. The standard InChI is InChI=1S/C21H27N3O6S/c1-4-15(2)17-7-5-6-8-20(17)30-14-21(25)23-12-11-22-18-10-9-16(31(3,28)29)13-19(18)24(26)27/h5-10,13,15,22H,4,11-12,14H2,1-3H3,(H,23,25). The van der Waals surface area contributed by atoms with Crippen LogP contribution < -0.4 is 15.4 Å². The average molecular weight is 450 g/mol.